The average molecular weight is 437 g/mol. The van der Waals surface area contributed by atoms with E-state index in [-0.39, 0.29) is 35.1 Å². The summed E-state index contributed by atoms with van der Waals surface area (Å²) in [4.78, 5) is 20.4. The van der Waals surface area contributed by atoms with E-state index in [2.05, 4.69) is 35.2 Å². The Labute approximate surface area is 174 Å². The summed E-state index contributed by atoms with van der Waals surface area (Å²) in [6.45, 7) is 2.20. The maximum absolute atomic E-state index is 13.2. The number of benzene rings is 1. The van der Waals surface area contributed by atoms with Crippen molar-refractivity contribution in [3.8, 4) is 22.9 Å². The minimum Gasteiger partial charge on any atom is -0.395 e. The third kappa shape index (κ3) is 4.25. The number of amides is 1. The number of anilines is 2. The highest BCUT2D eigenvalue weighted by molar-refractivity contribution is 6.29. The number of carbonyl (C=O) groups excluding carboxylic acids is 1. The van der Waals surface area contributed by atoms with E-state index in [0.717, 1.165) is 0 Å². The van der Waals surface area contributed by atoms with Crippen LogP contribution in [0.2, 0.25) is 5.15 Å². The molecule has 9 nitrogen and oxygen atoms in total. The molecule has 0 radical (unpaired) electrons. The van der Waals surface area contributed by atoms with Gasteiger partial charge < -0.3 is 20.1 Å². The molecular formula is C18H15ClF2N6O3. The summed E-state index contributed by atoms with van der Waals surface area (Å²) in [5.41, 5.74) is 0.995. The number of ether oxygens (including phenoxy) is 2. The predicted octanol–water partition coefficient (Wildman–Crippen LogP) is 3.19. The van der Waals surface area contributed by atoms with Crippen LogP contribution in [0.1, 0.15) is 6.92 Å². The minimum absolute atomic E-state index is 0.0765. The Hall–Kier alpha value is -3.47. The van der Waals surface area contributed by atoms with Crippen LogP contribution in [-0.4, -0.2) is 38.5 Å². The van der Waals surface area contributed by atoms with Gasteiger partial charge in [0.15, 0.2) is 17.3 Å². The van der Waals surface area contributed by atoms with Crippen molar-refractivity contribution < 1.29 is 23.0 Å². The predicted molar refractivity (Wildman–Crippen MR) is 103 cm³/mol. The van der Waals surface area contributed by atoms with Crippen LogP contribution in [-0.2, 0) is 11.3 Å². The van der Waals surface area contributed by atoms with Crippen LogP contribution in [0.15, 0.2) is 36.5 Å². The fraction of sp³-hybridized carbons (Fsp3) is 0.222. The molecule has 0 aliphatic carbocycles. The maximum Gasteiger partial charge on any atom is 0.586 e. The van der Waals surface area contributed by atoms with Gasteiger partial charge in [-0.2, -0.15) is 4.98 Å². The van der Waals surface area contributed by atoms with E-state index in [0.29, 0.717) is 23.6 Å². The first-order chi connectivity index (χ1) is 14.3. The molecule has 3 heterocycles. The number of hydrogen-bond acceptors (Lipinski definition) is 7. The van der Waals surface area contributed by atoms with Gasteiger partial charge in [-0.25, -0.2) is 9.67 Å². The van der Waals surface area contributed by atoms with Gasteiger partial charge in [-0.3, -0.25) is 4.79 Å². The van der Waals surface area contributed by atoms with E-state index >= 15 is 0 Å². The second-order valence-corrected chi connectivity index (χ2v) is 6.58. The lowest BCUT2D eigenvalue weighted by molar-refractivity contribution is -0.286. The topological polar surface area (TPSA) is 103 Å². The van der Waals surface area contributed by atoms with Crippen molar-refractivity contribution in [3.63, 3.8) is 0 Å². The van der Waals surface area contributed by atoms with Crippen LogP contribution in [0.4, 0.5) is 20.4 Å². The molecule has 2 N–H and O–H groups in total. The lowest BCUT2D eigenvalue weighted by Crippen LogP contribution is -2.27. The number of nitrogens with zero attached hydrogens (tertiary/aromatic N) is 4. The highest BCUT2D eigenvalue weighted by Crippen LogP contribution is 2.42. The number of pyridine rings is 1. The largest absolute Gasteiger partial charge is 0.586 e. The Morgan fingerprint density at radius 3 is 2.80 bits per heavy atom. The first kappa shape index (κ1) is 19.8. The molecule has 0 spiro atoms. The smallest absolute Gasteiger partial charge is 0.395 e. The van der Waals surface area contributed by atoms with Gasteiger partial charge in [0.2, 0.25) is 11.9 Å². The number of fused-ring (bicyclic) bond motifs is 1. The van der Waals surface area contributed by atoms with Crippen LogP contribution < -0.4 is 20.1 Å². The fourth-order valence-corrected chi connectivity index (χ4v) is 2.98. The van der Waals surface area contributed by atoms with Crippen LogP contribution in [0.25, 0.3) is 11.4 Å². The fourth-order valence-electron chi connectivity index (χ4n) is 2.81. The Bertz CT molecular complexity index is 1110. The molecule has 156 valence electrons. The standard InChI is InChI=1S/C18H15ClF2N6O3/c1-2-22-15(28)9-27-16(10-5-6-23-14(19)7-10)25-17(26-27)24-11-3-4-12-13(8-11)30-18(20,21)29-12/h3-8H,2,9H2,1H3,(H,22,28)(H,24,26). The van der Waals surface area contributed by atoms with Crippen molar-refractivity contribution in [1.29, 1.82) is 0 Å². The molecule has 0 unspecified atom stereocenters. The van der Waals surface area contributed by atoms with Gasteiger partial charge in [0.25, 0.3) is 0 Å². The van der Waals surface area contributed by atoms with Crippen molar-refractivity contribution in [2.45, 2.75) is 19.8 Å². The zero-order valence-corrected chi connectivity index (χ0v) is 16.3. The van der Waals surface area contributed by atoms with Gasteiger partial charge in [0.1, 0.15) is 11.7 Å². The number of carbonyl (C=O) groups is 1. The molecule has 0 saturated carbocycles. The Kier molecular flexibility index (Phi) is 5.12. The van der Waals surface area contributed by atoms with Gasteiger partial charge in [-0.1, -0.05) is 11.6 Å². The highest BCUT2D eigenvalue weighted by atomic mass is 35.5. The molecule has 0 saturated heterocycles. The monoisotopic (exact) mass is 436 g/mol. The van der Waals surface area contributed by atoms with Gasteiger partial charge in [-0.05, 0) is 31.2 Å². The molecule has 30 heavy (non-hydrogen) atoms. The molecule has 1 aliphatic rings. The second-order valence-electron chi connectivity index (χ2n) is 6.19. The van der Waals surface area contributed by atoms with E-state index in [1.54, 1.807) is 19.1 Å². The van der Waals surface area contributed by atoms with Crippen LogP contribution >= 0.6 is 11.6 Å². The second kappa shape index (κ2) is 7.75. The van der Waals surface area contributed by atoms with E-state index < -0.39 is 6.29 Å². The third-order valence-corrected chi connectivity index (χ3v) is 4.19. The first-order valence-corrected chi connectivity index (χ1v) is 9.21. The summed E-state index contributed by atoms with van der Waals surface area (Å²) in [5, 5.41) is 10.2. The molecule has 0 fully saturated rings. The van der Waals surface area contributed by atoms with Crippen molar-refractivity contribution in [1.82, 2.24) is 25.1 Å². The van der Waals surface area contributed by atoms with Gasteiger partial charge in [0, 0.05) is 30.1 Å². The van der Waals surface area contributed by atoms with Gasteiger partial charge >= 0.3 is 6.29 Å². The Morgan fingerprint density at radius 1 is 1.23 bits per heavy atom. The van der Waals surface area contributed by atoms with Crippen molar-refractivity contribution in [3.05, 3.63) is 41.7 Å². The van der Waals surface area contributed by atoms with Gasteiger partial charge in [-0.15, -0.1) is 13.9 Å². The quantitative estimate of drug-likeness (QED) is 0.572. The van der Waals surface area contributed by atoms with E-state index in [9.17, 15) is 13.6 Å². The van der Waals surface area contributed by atoms with Crippen molar-refractivity contribution >= 4 is 29.1 Å². The Balaban J connectivity index is 1.63. The molecule has 1 amide bonds. The van der Waals surface area contributed by atoms with Crippen molar-refractivity contribution in [2.24, 2.45) is 0 Å². The average Bonchev–Trinajstić information content (AvgIpc) is 3.20. The summed E-state index contributed by atoms with van der Waals surface area (Å²) in [7, 11) is 0. The zero-order valence-electron chi connectivity index (χ0n) is 15.5. The molecule has 12 heteroatoms. The van der Waals surface area contributed by atoms with E-state index in [4.69, 9.17) is 11.6 Å². The molecule has 4 rings (SSSR count). The highest BCUT2D eigenvalue weighted by Gasteiger charge is 2.43. The van der Waals surface area contributed by atoms with Crippen LogP contribution in [0, 0.1) is 0 Å². The molecular weight excluding hydrogens is 422 g/mol. The molecule has 0 atom stereocenters. The minimum atomic E-state index is -3.71. The van der Waals surface area contributed by atoms with E-state index in [1.807, 2.05) is 0 Å². The van der Waals surface area contributed by atoms with Crippen LogP contribution in [0.3, 0.4) is 0 Å². The molecule has 3 aromatic rings. The summed E-state index contributed by atoms with van der Waals surface area (Å²) < 4.78 is 36.6. The molecule has 1 aliphatic heterocycles. The summed E-state index contributed by atoms with van der Waals surface area (Å²) in [6.07, 6.45) is -2.20. The lowest BCUT2D eigenvalue weighted by Gasteiger charge is -2.06. The maximum atomic E-state index is 13.2. The first-order valence-electron chi connectivity index (χ1n) is 8.83. The van der Waals surface area contributed by atoms with E-state index in [1.165, 1.54) is 29.1 Å². The number of halogens is 3. The summed E-state index contributed by atoms with van der Waals surface area (Å²) >= 11 is 5.97. The molecule has 0 bridgehead atoms. The van der Waals surface area contributed by atoms with Crippen LogP contribution in [0.5, 0.6) is 11.5 Å². The SMILES string of the molecule is CCNC(=O)Cn1nc(Nc2ccc3c(c2)OC(F)(F)O3)nc1-c1ccnc(Cl)c1. The van der Waals surface area contributed by atoms with Gasteiger partial charge in [0.05, 0.1) is 0 Å². The Morgan fingerprint density at radius 2 is 2.03 bits per heavy atom. The number of nitrogens with one attached hydrogen (secondary N) is 2. The normalized spacial score (nSPS) is 13.9. The number of hydrogen-bond donors (Lipinski definition) is 2. The number of alkyl halides is 2. The summed E-state index contributed by atoms with van der Waals surface area (Å²) in [6, 6.07) is 7.46. The zero-order chi connectivity index (χ0) is 21.3. The molecule has 2 aromatic heterocycles. The lowest BCUT2D eigenvalue weighted by atomic mass is 10.2. The number of aromatic nitrogens is 4. The number of rotatable bonds is 6. The third-order valence-electron chi connectivity index (χ3n) is 3.98. The number of likely N-dealkylation sites (N-methyl/N-ethyl adjacent to an activating group) is 1. The molecule has 1 aromatic carbocycles. The summed E-state index contributed by atoms with van der Waals surface area (Å²) in [5.74, 6) is 0.0779. The van der Waals surface area contributed by atoms with Crippen molar-refractivity contribution in [2.75, 3.05) is 11.9 Å².